The van der Waals surface area contributed by atoms with Crippen molar-refractivity contribution in [2.24, 2.45) is 0 Å². The van der Waals surface area contributed by atoms with E-state index in [4.69, 9.17) is 15.0 Å². The largest absolute Gasteiger partial charge is 0.502 e. The van der Waals surface area contributed by atoms with Crippen molar-refractivity contribution in [2.75, 3.05) is 12.8 Å². The Bertz CT molecular complexity index is 525. The Balaban J connectivity index is 2.55. The third kappa shape index (κ3) is 1.54. The SMILES string of the molecule is COc1ccc(-c2cc(N)no2)c(F)c1O. The molecule has 5 nitrogen and oxygen atoms in total. The van der Waals surface area contributed by atoms with Crippen LogP contribution in [0.1, 0.15) is 0 Å². The molecule has 16 heavy (non-hydrogen) atoms. The number of aromatic nitrogens is 1. The third-order valence-electron chi connectivity index (χ3n) is 2.09. The first-order chi connectivity index (χ1) is 7.63. The van der Waals surface area contributed by atoms with Gasteiger partial charge < -0.3 is 20.1 Å². The van der Waals surface area contributed by atoms with Gasteiger partial charge in [0.2, 0.25) is 0 Å². The molecule has 0 unspecified atom stereocenters. The molecule has 0 aliphatic carbocycles. The van der Waals surface area contributed by atoms with Crippen molar-refractivity contribution < 1.29 is 18.8 Å². The van der Waals surface area contributed by atoms with E-state index in [1.54, 1.807) is 0 Å². The quantitative estimate of drug-likeness (QED) is 0.812. The molecule has 3 N–H and O–H groups in total. The molecule has 6 heteroatoms. The van der Waals surface area contributed by atoms with Crippen LogP contribution >= 0.6 is 0 Å². The van der Waals surface area contributed by atoms with Gasteiger partial charge in [0.15, 0.2) is 28.9 Å². The fraction of sp³-hybridized carbons (Fsp3) is 0.100. The Morgan fingerprint density at radius 3 is 2.81 bits per heavy atom. The van der Waals surface area contributed by atoms with Crippen molar-refractivity contribution in [1.82, 2.24) is 5.16 Å². The molecule has 1 aromatic heterocycles. The second-order valence-electron chi connectivity index (χ2n) is 3.09. The van der Waals surface area contributed by atoms with Crippen LogP contribution < -0.4 is 10.5 Å². The van der Waals surface area contributed by atoms with E-state index in [2.05, 4.69) is 5.16 Å². The van der Waals surface area contributed by atoms with Crippen LogP contribution in [0.4, 0.5) is 10.2 Å². The number of phenols is 1. The van der Waals surface area contributed by atoms with Crippen molar-refractivity contribution in [3.8, 4) is 22.8 Å². The van der Waals surface area contributed by atoms with E-state index in [-0.39, 0.29) is 22.9 Å². The molecule has 0 atom stereocenters. The summed E-state index contributed by atoms with van der Waals surface area (Å²) in [5, 5.41) is 12.9. The minimum Gasteiger partial charge on any atom is -0.502 e. The maximum Gasteiger partial charge on any atom is 0.195 e. The maximum absolute atomic E-state index is 13.7. The number of anilines is 1. The summed E-state index contributed by atoms with van der Waals surface area (Å²) in [6, 6.07) is 4.20. The van der Waals surface area contributed by atoms with Gasteiger partial charge in [0.25, 0.3) is 0 Å². The molecule has 2 rings (SSSR count). The first-order valence-corrected chi connectivity index (χ1v) is 4.41. The van der Waals surface area contributed by atoms with Gasteiger partial charge in [0.05, 0.1) is 12.7 Å². The topological polar surface area (TPSA) is 81.5 Å². The van der Waals surface area contributed by atoms with E-state index < -0.39 is 11.6 Å². The summed E-state index contributed by atoms with van der Waals surface area (Å²) in [6.07, 6.45) is 0. The molecule has 0 aliphatic rings. The highest BCUT2D eigenvalue weighted by atomic mass is 19.1. The van der Waals surface area contributed by atoms with Crippen LogP contribution in [0.25, 0.3) is 11.3 Å². The predicted octanol–water partition coefficient (Wildman–Crippen LogP) is 1.78. The van der Waals surface area contributed by atoms with Crippen LogP contribution in [0.2, 0.25) is 0 Å². The lowest BCUT2D eigenvalue weighted by Gasteiger charge is -2.05. The maximum atomic E-state index is 13.7. The van der Waals surface area contributed by atoms with Crippen molar-refractivity contribution in [1.29, 1.82) is 0 Å². The van der Waals surface area contributed by atoms with E-state index >= 15 is 0 Å². The second kappa shape index (κ2) is 3.73. The molecule has 0 saturated heterocycles. The molecular formula is C10H9FN2O3. The predicted molar refractivity (Wildman–Crippen MR) is 54.5 cm³/mol. The number of aromatic hydroxyl groups is 1. The number of methoxy groups -OCH3 is 1. The summed E-state index contributed by atoms with van der Waals surface area (Å²) in [7, 11) is 1.33. The fourth-order valence-corrected chi connectivity index (χ4v) is 1.32. The summed E-state index contributed by atoms with van der Waals surface area (Å²) in [5.74, 6) is -1.07. The van der Waals surface area contributed by atoms with E-state index in [0.717, 1.165) is 0 Å². The zero-order chi connectivity index (χ0) is 11.7. The van der Waals surface area contributed by atoms with Crippen molar-refractivity contribution in [2.45, 2.75) is 0 Å². The van der Waals surface area contributed by atoms with Gasteiger partial charge in [-0.15, -0.1) is 0 Å². The number of phenolic OH excluding ortho intramolecular Hbond substituents is 1. The molecular weight excluding hydrogens is 215 g/mol. The fourth-order valence-electron chi connectivity index (χ4n) is 1.32. The molecule has 0 spiro atoms. The number of nitrogens with two attached hydrogens (primary N) is 1. The molecule has 1 heterocycles. The molecule has 0 saturated carbocycles. The van der Waals surface area contributed by atoms with E-state index in [1.807, 2.05) is 0 Å². The molecule has 0 aliphatic heterocycles. The molecule has 0 bridgehead atoms. The number of benzene rings is 1. The van der Waals surface area contributed by atoms with Crippen LogP contribution in [0.3, 0.4) is 0 Å². The molecule has 2 aromatic rings. The molecule has 84 valence electrons. The number of hydrogen-bond acceptors (Lipinski definition) is 5. The van der Waals surface area contributed by atoms with Crippen LogP contribution in [-0.4, -0.2) is 17.4 Å². The molecule has 0 amide bonds. The lowest BCUT2D eigenvalue weighted by atomic mass is 10.1. The number of nitrogen functional groups attached to an aromatic ring is 1. The standard InChI is InChI=1S/C10H9FN2O3/c1-15-6-3-2-5(9(11)10(6)14)7-4-8(12)13-16-7/h2-4,14H,1H3,(H2,12,13). The zero-order valence-corrected chi connectivity index (χ0v) is 8.40. The van der Waals surface area contributed by atoms with Crippen molar-refractivity contribution >= 4 is 5.82 Å². The lowest BCUT2D eigenvalue weighted by molar-refractivity contribution is 0.356. The average Bonchev–Trinajstić information content (AvgIpc) is 2.69. The van der Waals surface area contributed by atoms with Gasteiger partial charge in [0.1, 0.15) is 0 Å². The number of rotatable bonds is 2. The monoisotopic (exact) mass is 224 g/mol. The Morgan fingerprint density at radius 1 is 1.50 bits per heavy atom. The van der Waals surface area contributed by atoms with Gasteiger partial charge >= 0.3 is 0 Å². The van der Waals surface area contributed by atoms with E-state index in [9.17, 15) is 9.50 Å². The summed E-state index contributed by atoms with van der Waals surface area (Å²) in [5.41, 5.74) is 5.42. The zero-order valence-electron chi connectivity index (χ0n) is 8.40. The smallest absolute Gasteiger partial charge is 0.195 e. The first-order valence-electron chi connectivity index (χ1n) is 4.41. The summed E-state index contributed by atoms with van der Waals surface area (Å²) < 4.78 is 23.2. The van der Waals surface area contributed by atoms with Crippen LogP contribution in [0.5, 0.6) is 11.5 Å². The highest BCUT2D eigenvalue weighted by Crippen LogP contribution is 2.35. The van der Waals surface area contributed by atoms with Gasteiger partial charge in [-0.2, -0.15) is 0 Å². The van der Waals surface area contributed by atoms with E-state index in [1.165, 1.54) is 25.3 Å². The number of hydrogen-bond donors (Lipinski definition) is 2. The molecule has 0 radical (unpaired) electrons. The number of halogens is 1. The Labute approximate surface area is 90.2 Å². The van der Waals surface area contributed by atoms with Crippen molar-refractivity contribution in [3.63, 3.8) is 0 Å². The van der Waals surface area contributed by atoms with Gasteiger partial charge in [0, 0.05) is 6.07 Å². The Morgan fingerprint density at radius 2 is 2.25 bits per heavy atom. The highest BCUT2D eigenvalue weighted by Gasteiger charge is 2.17. The highest BCUT2D eigenvalue weighted by molar-refractivity contribution is 5.65. The van der Waals surface area contributed by atoms with Gasteiger partial charge in [-0.05, 0) is 12.1 Å². The first kappa shape index (κ1) is 10.3. The summed E-state index contributed by atoms with van der Waals surface area (Å²) >= 11 is 0. The number of nitrogens with zero attached hydrogens (tertiary/aromatic N) is 1. The minimum atomic E-state index is -0.837. The van der Waals surface area contributed by atoms with Crippen LogP contribution in [0, 0.1) is 5.82 Å². The second-order valence-corrected chi connectivity index (χ2v) is 3.09. The average molecular weight is 224 g/mol. The van der Waals surface area contributed by atoms with Gasteiger partial charge in [-0.1, -0.05) is 5.16 Å². The normalized spacial score (nSPS) is 10.4. The Kier molecular flexibility index (Phi) is 2.40. The number of ether oxygens (including phenoxy) is 1. The van der Waals surface area contributed by atoms with Gasteiger partial charge in [-0.3, -0.25) is 0 Å². The summed E-state index contributed by atoms with van der Waals surface area (Å²) in [4.78, 5) is 0. The minimum absolute atomic E-state index is 0.0498. The van der Waals surface area contributed by atoms with E-state index in [0.29, 0.717) is 0 Å². The molecule has 1 aromatic carbocycles. The van der Waals surface area contributed by atoms with Crippen LogP contribution in [-0.2, 0) is 0 Å². The lowest BCUT2D eigenvalue weighted by Crippen LogP contribution is -1.89. The van der Waals surface area contributed by atoms with Gasteiger partial charge in [-0.25, -0.2) is 4.39 Å². The van der Waals surface area contributed by atoms with Crippen LogP contribution in [0.15, 0.2) is 22.7 Å². The molecule has 0 fully saturated rings. The third-order valence-corrected chi connectivity index (χ3v) is 2.09. The van der Waals surface area contributed by atoms with Crippen molar-refractivity contribution in [3.05, 3.63) is 24.0 Å². The Hall–Kier alpha value is -2.24. The summed E-state index contributed by atoms with van der Waals surface area (Å²) in [6.45, 7) is 0.